The first-order chi connectivity index (χ1) is 30.3. The van der Waals surface area contributed by atoms with Crippen molar-refractivity contribution in [3.8, 4) is 0 Å². The van der Waals surface area contributed by atoms with Crippen LogP contribution in [0.3, 0.4) is 0 Å². The average Bonchev–Trinajstić information content (AvgIpc) is 3.27. The summed E-state index contributed by atoms with van der Waals surface area (Å²) in [4.78, 5) is 2.76. The lowest BCUT2D eigenvalue weighted by atomic mass is 10.1. The Kier molecular flexibility index (Phi) is 52.0. The van der Waals surface area contributed by atoms with Gasteiger partial charge in [0.15, 0.2) is 0 Å². The van der Waals surface area contributed by atoms with Gasteiger partial charge in [0.05, 0.1) is 0 Å². The molecule has 1 nitrogen and oxygen atoms in total. The summed E-state index contributed by atoms with van der Waals surface area (Å²) in [6.07, 6.45) is 92.2. The van der Waals surface area contributed by atoms with Gasteiger partial charge < -0.3 is 4.90 Å². The summed E-state index contributed by atoms with van der Waals surface area (Å²) in [5.41, 5.74) is 0. The third-order valence-electron chi connectivity index (χ3n) is 10.7. The van der Waals surface area contributed by atoms with Gasteiger partial charge >= 0.3 is 0 Å². The molecule has 0 N–H and O–H groups in total. The normalized spacial score (nSPS) is 13.4. The smallest absolute Gasteiger partial charge is 0.00186 e. The molecule has 0 amide bonds. The van der Waals surface area contributed by atoms with Crippen LogP contribution in [0.15, 0.2) is 146 Å². The molecule has 0 saturated heterocycles. The highest BCUT2D eigenvalue weighted by molar-refractivity contribution is 5.02. The number of rotatable bonds is 45. The minimum Gasteiger partial charge on any atom is -0.303 e. The number of hydrogen-bond donors (Lipinski definition) is 0. The number of hydrogen-bond acceptors (Lipinski definition) is 1. The van der Waals surface area contributed by atoms with Crippen molar-refractivity contribution in [2.45, 2.75) is 213 Å². The van der Waals surface area contributed by atoms with Crippen molar-refractivity contribution >= 4 is 0 Å². The summed E-state index contributed by atoms with van der Waals surface area (Å²) in [5.74, 6) is 0. The van der Waals surface area contributed by atoms with Crippen molar-refractivity contribution in [3.05, 3.63) is 146 Å². The van der Waals surface area contributed by atoms with Crippen LogP contribution in [0.5, 0.6) is 0 Å². The Labute approximate surface area is 382 Å². The first-order valence-corrected chi connectivity index (χ1v) is 25.9. The van der Waals surface area contributed by atoms with Gasteiger partial charge in [0, 0.05) is 0 Å². The Balaban J connectivity index is 4.40. The fourth-order valence-corrected chi connectivity index (χ4v) is 6.81. The van der Waals surface area contributed by atoms with E-state index in [0.29, 0.717) is 0 Å². The maximum absolute atomic E-state index is 2.76. The Morgan fingerprint density at radius 2 is 0.361 bits per heavy atom. The van der Waals surface area contributed by atoms with Gasteiger partial charge in [0.1, 0.15) is 0 Å². The molecule has 0 aromatic carbocycles. The van der Waals surface area contributed by atoms with Crippen LogP contribution in [0.2, 0.25) is 0 Å². The van der Waals surface area contributed by atoms with Crippen molar-refractivity contribution in [2.24, 2.45) is 0 Å². The van der Waals surface area contributed by atoms with Gasteiger partial charge in [-0.05, 0) is 174 Å². The number of unbranched alkanes of at least 4 members (excludes halogenated alkanes) is 15. The summed E-state index contributed by atoms with van der Waals surface area (Å²) < 4.78 is 0. The molecule has 0 bridgehead atoms. The van der Waals surface area contributed by atoms with E-state index < -0.39 is 0 Å². The Morgan fingerprint density at radius 1 is 0.197 bits per heavy atom. The molecule has 0 rings (SSSR count). The molecule has 0 aliphatic rings. The third-order valence-corrected chi connectivity index (χ3v) is 10.7. The molecule has 0 heterocycles. The number of allylic oxidation sites excluding steroid dienone is 24. The summed E-state index contributed by atoms with van der Waals surface area (Å²) in [6, 6.07) is 0. The highest BCUT2D eigenvalue weighted by Gasteiger charge is 2.04. The molecule has 0 aromatic heterocycles. The van der Waals surface area contributed by atoms with E-state index in [4.69, 9.17) is 0 Å². The zero-order valence-electron chi connectivity index (χ0n) is 40.6. The largest absolute Gasteiger partial charge is 0.303 e. The van der Waals surface area contributed by atoms with E-state index in [9.17, 15) is 0 Å². The maximum atomic E-state index is 2.76. The monoisotopic (exact) mass is 834 g/mol. The van der Waals surface area contributed by atoms with Crippen LogP contribution < -0.4 is 0 Å². The van der Waals surface area contributed by atoms with Crippen LogP contribution in [0, 0.1) is 0 Å². The molecule has 0 saturated carbocycles. The molecular formula is C60H99N. The topological polar surface area (TPSA) is 3.24 Å². The van der Waals surface area contributed by atoms with Gasteiger partial charge in [0.2, 0.25) is 0 Å². The molecule has 1 heteroatoms. The molecule has 344 valence electrons. The second-order valence-corrected chi connectivity index (χ2v) is 16.6. The number of nitrogens with zero attached hydrogens (tertiary/aromatic N) is 1. The molecule has 0 aromatic rings. The van der Waals surface area contributed by atoms with Crippen LogP contribution in [0.1, 0.15) is 213 Å². The minimum absolute atomic E-state index is 1.04. The predicted molar refractivity (Wildman–Crippen MR) is 282 cm³/mol. The summed E-state index contributed by atoms with van der Waals surface area (Å²) in [7, 11) is 0. The van der Waals surface area contributed by atoms with Gasteiger partial charge in [-0.25, -0.2) is 0 Å². The van der Waals surface area contributed by atoms with Crippen molar-refractivity contribution in [2.75, 3.05) is 19.6 Å². The summed E-state index contributed by atoms with van der Waals surface area (Å²) in [6.45, 7) is 10.5. The zero-order chi connectivity index (χ0) is 43.9. The van der Waals surface area contributed by atoms with Crippen molar-refractivity contribution in [1.29, 1.82) is 0 Å². The third kappa shape index (κ3) is 52.9. The van der Waals surface area contributed by atoms with Crippen LogP contribution in [-0.4, -0.2) is 24.5 Å². The maximum Gasteiger partial charge on any atom is -0.00186 e. The Bertz CT molecular complexity index is 1070. The quantitative estimate of drug-likeness (QED) is 0.0436. The van der Waals surface area contributed by atoms with Gasteiger partial charge in [-0.3, -0.25) is 0 Å². The standard InChI is InChI=1S/C60H99N/c1-4-7-10-13-16-19-22-25-28-31-34-37-40-43-46-49-52-55-58-61(59-56-53-50-47-44-41-38-35-32-29-26-23-20-17-14-11-8-5-2)60-57-54-51-48-45-42-39-36-33-30-27-24-21-18-15-12-9-6-3/h16-21,25-30,34-39,43-48H,4-15,22-24,31-33,40-42,49-60H2,1-3H3. The first kappa shape index (κ1) is 57.8. The van der Waals surface area contributed by atoms with Crippen LogP contribution >= 0.6 is 0 Å². The van der Waals surface area contributed by atoms with E-state index in [0.717, 1.165) is 57.8 Å². The van der Waals surface area contributed by atoms with Gasteiger partial charge in [0.25, 0.3) is 0 Å². The Hall–Kier alpha value is -3.16. The van der Waals surface area contributed by atoms with Gasteiger partial charge in [-0.1, -0.05) is 205 Å². The van der Waals surface area contributed by atoms with Crippen molar-refractivity contribution < 1.29 is 0 Å². The molecule has 0 spiro atoms. The Morgan fingerprint density at radius 3 is 0.541 bits per heavy atom. The first-order valence-electron chi connectivity index (χ1n) is 25.9. The van der Waals surface area contributed by atoms with E-state index in [1.54, 1.807) is 0 Å². The molecule has 0 unspecified atom stereocenters. The molecule has 0 radical (unpaired) electrons. The predicted octanol–water partition coefficient (Wildman–Crippen LogP) is 19.7. The average molecular weight is 834 g/mol. The van der Waals surface area contributed by atoms with E-state index in [2.05, 4.69) is 171 Å². The van der Waals surface area contributed by atoms with Crippen LogP contribution in [-0.2, 0) is 0 Å². The molecule has 0 fully saturated rings. The lowest BCUT2D eigenvalue weighted by Crippen LogP contribution is -2.27. The fourth-order valence-electron chi connectivity index (χ4n) is 6.81. The van der Waals surface area contributed by atoms with Crippen LogP contribution in [0.25, 0.3) is 0 Å². The van der Waals surface area contributed by atoms with Gasteiger partial charge in [-0.15, -0.1) is 0 Å². The van der Waals surface area contributed by atoms with E-state index in [-0.39, 0.29) is 0 Å². The molecule has 0 atom stereocenters. The lowest BCUT2D eigenvalue weighted by Gasteiger charge is -2.22. The fraction of sp³-hybridized carbons (Fsp3) is 0.600. The SMILES string of the molecule is CCCCCC=CCC=CCC=CCC=CCCCCN(CCCCC=CCC=CCC=CCC=CCCCCC)CCCCC=CCC=CCC=CCC=CCCCCC. The molecule has 0 aliphatic carbocycles. The molecule has 0 aliphatic heterocycles. The highest BCUT2D eigenvalue weighted by Crippen LogP contribution is 2.09. The second kappa shape index (κ2) is 54.9. The van der Waals surface area contributed by atoms with Crippen molar-refractivity contribution in [3.63, 3.8) is 0 Å². The highest BCUT2D eigenvalue weighted by atomic mass is 15.1. The second-order valence-electron chi connectivity index (χ2n) is 16.6. The molecular weight excluding hydrogens is 735 g/mol. The van der Waals surface area contributed by atoms with E-state index in [1.165, 1.54) is 154 Å². The molecule has 61 heavy (non-hydrogen) atoms. The van der Waals surface area contributed by atoms with Gasteiger partial charge in [-0.2, -0.15) is 0 Å². The van der Waals surface area contributed by atoms with E-state index >= 15 is 0 Å². The lowest BCUT2D eigenvalue weighted by molar-refractivity contribution is 0.258. The van der Waals surface area contributed by atoms with Crippen LogP contribution in [0.4, 0.5) is 0 Å². The van der Waals surface area contributed by atoms with Crippen molar-refractivity contribution in [1.82, 2.24) is 4.90 Å². The van der Waals surface area contributed by atoms with E-state index in [1.807, 2.05) is 0 Å². The summed E-state index contributed by atoms with van der Waals surface area (Å²) in [5, 5.41) is 0. The minimum atomic E-state index is 1.04. The zero-order valence-corrected chi connectivity index (χ0v) is 40.6. The summed E-state index contributed by atoms with van der Waals surface area (Å²) >= 11 is 0.